The molecule has 0 saturated heterocycles. The summed E-state index contributed by atoms with van der Waals surface area (Å²) in [5, 5.41) is 10.4. The van der Waals surface area contributed by atoms with Crippen molar-refractivity contribution in [2.24, 2.45) is 5.92 Å². The second kappa shape index (κ2) is 4.69. The predicted molar refractivity (Wildman–Crippen MR) is 69.1 cm³/mol. The van der Waals surface area contributed by atoms with Crippen LogP contribution in [-0.4, -0.2) is 11.2 Å². The highest BCUT2D eigenvalue weighted by atomic mass is 16.5. The number of ether oxygens (including phenoxy) is 1. The first-order valence-corrected chi connectivity index (χ1v) is 6.47. The van der Waals surface area contributed by atoms with Gasteiger partial charge in [-0.1, -0.05) is 26.0 Å². The van der Waals surface area contributed by atoms with Crippen LogP contribution in [-0.2, 0) is 5.60 Å². The third kappa shape index (κ3) is 3.47. The van der Waals surface area contributed by atoms with Gasteiger partial charge in [-0.2, -0.15) is 0 Å². The van der Waals surface area contributed by atoms with Crippen molar-refractivity contribution >= 4 is 0 Å². The monoisotopic (exact) mass is 234 g/mol. The summed E-state index contributed by atoms with van der Waals surface area (Å²) in [6.07, 6.45) is 3.55. The fourth-order valence-corrected chi connectivity index (χ4v) is 2.18. The molecule has 0 spiro atoms. The van der Waals surface area contributed by atoms with Gasteiger partial charge in [0.2, 0.25) is 0 Å². The Morgan fingerprint density at radius 1 is 1.29 bits per heavy atom. The van der Waals surface area contributed by atoms with Crippen LogP contribution in [0.3, 0.4) is 0 Å². The van der Waals surface area contributed by atoms with Crippen LogP contribution in [0.4, 0.5) is 0 Å². The summed E-state index contributed by atoms with van der Waals surface area (Å²) in [4.78, 5) is 0. The van der Waals surface area contributed by atoms with Crippen LogP contribution in [0.15, 0.2) is 24.3 Å². The second-order valence-electron chi connectivity index (χ2n) is 5.71. The van der Waals surface area contributed by atoms with Crippen molar-refractivity contribution < 1.29 is 9.84 Å². The summed E-state index contributed by atoms with van der Waals surface area (Å²) in [5.41, 5.74) is 0.223. The van der Waals surface area contributed by atoms with Crippen molar-refractivity contribution in [2.75, 3.05) is 0 Å². The highest BCUT2D eigenvalue weighted by Crippen LogP contribution is 2.31. The number of aliphatic hydroxyl groups is 1. The molecule has 0 radical (unpaired) electrons. The molecule has 2 nitrogen and oxygen atoms in total. The lowest BCUT2D eigenvalue weighted by molar-refractivity contribution is 0.0348. The van der Waals surface area contributed by atoms with Gasteiger partial charge in [-0.25, -0.2) is 0 Å². The van der Waals surface area contributed by atoms with Crippen LogP contribution in [0.5, 0.6) is 5.75 Å². The van der Waals surface area contributed by atoms with E-state index in [-0.39, 0.29) is 0 Å². The van der Waals surface area contributed by atoms with Gasteiger partial charge < -0.3 is 9.84 Å². The van der Waals surface area contributed by atoms with Crippen LogP contribution in [0.25, 0.3) is 0 Å². The fourth-order valence-electron chi connectivity index (χ4n) is 2.18. The van der Waals surface area contributed by atoms with Crippen LogP contribution in [0.1, 0.15) is 45.6 Å². The van der Waals surface area contributed by atoms with E-state index in [1.807, 2.05) is 31.2 Å². The highest BCUT2D eigenvalue weighted by Gasteiger charge is 2.25. The van der Waals surface area contributed by atoms with E-state index in [4.69, 9.17) is 4.74 Å². The Morgan fingerprint density at radius 3 is 2.35 bits per heavy atom. The number of benzene rings is 1. The summed E-state index contributed by atoms with van der Waals surface area (Å²) in [6.45, 7) is 6.13. The highest BCUT2D eigenvalue weighted by molar-refractivity contribution is 5.31. The standard InChI is InChI=1S/C15H22O2/c1-11(2)10-15(3,16)12-4-6-13(7-5-12)17-14-8-9-14/h4-7,11,14,16H,8-10H2,1-3H3. The summed E-state index contributed by atoms with van der Waals surface area (Å²) < 4.78 is 5.69. The largest absolute Gasteiger partial charge is 0.490 e. The summed E-state index contributed by atoms with van der Waals surface area (Å²) in [7, 11) is 0. The van der Waals surface area contributed by atoms with Crippen molar-refractivity contribution in [3.05, 3.63) is 29.8 Å². The van der Waals surface area contributed by atoms with Gasteiger partial charge in [0, 0.05) is 0 Å². The number of hydrogen-bond acceptors (Lipinski definition) is 2. The van der Waals surface area contributed by atoms with Crippen molar-refractivity contribution in [2.45, 2.75) is 51.7 Å². The minimum atomic E-state index is -0.744. The fraction of sp³-hybridized carbons (Fsp3) is 0.600. The molecule has 1 fully saturated rings. The molecule has 1 aliphatic rings. The summed E-state index contributed by atoms with van der Waals surface area (Å²) in [5.74, 6) is 1.39. The normalized spacial score (nSPS) is 19.1. The molecule has 0 bridgehead atoms. The van der Waals surface area contributed by atoms with Gasteiger partial charge in [-0.05, 0) is 49.8 Å². The molecule has 1 aliphatic carbocycles. The van der Waals surface area contributed by atoms with Crippen molar-refractivity contribution in [1.29, 1.82) is 0 Å². The topological polar surface area (TPSA) is 29.5 Å². The minimum absolute atomic E-state index is 0.428. The third-order valence-corrected chi connectivity index (χ3v) is 3.11. The van der Waals surface area contributed by atoms with Crippen LogP contribution < -0.4 is 4.74 Å². The maximum Gasteiger partial charge on any atom is 0.119 e. The Bertz CT molecular complexity index is 361. The first-order chi connectivity index (χ1) is 7.97. The van der Waals surface area contributed by atoms with Gasteiger partial charge in [-0.3, -0.25) is 0 Å². The quantitative estimate of drug-likeness (QED) is 0.845. The molecule has 1 unspecified atom stereocenters. The van der Waals surface area contributed by atoms with E-state index in [9.17, 15) is 5.11 Å². The number of hydrogen-bond donors (Lipinski definition) is 1. The molecule has 0 aliphatic heterocycles. The molecule has 0 amide bonds. The van der Waals surface area contributed by atoms with Crippen molar-refractivity contribution in [1.82, 2.24) is 0 Å². The van der Waals surface area contributed by atoms with E-state index in [1.165, 1.54) is 12.8 Å². The van der Waals surface area contributed by atoms with E-state index in [0.717, 1.165) is 17.7 Å². The Hall–Kier alpha value is -1.02. The zero-order chi connectivity index (χ0) is 12.5. The molecule has 1 N–H and O–H groups in total. The van der Waals surface area contributed by atoms with Crippen LogP contribution in [0.2, 0.25) is 0 Å². The van der Waals surface area contributed by atoms with Crippen LogP contribution >= 0.6 is 0 Å². The Labute approximate surface area is 104 Å². The molecule has 0 heterocycles. The van der Waals surface area contributed by atoms with Gasteiger partial charge >= 0.3 is 0 Å². The van der Waals surface area contributed by atoms with E-state index in [1.54, 1.807) is 0 Å². The molecule has 0 aromatic heterocycles. The van der Waals surface area contributed by atoms with Gasteiger partial charge in [0.25, 0.3) is 0 Å². The maximum absolute atomic E-state index is 10.4. The molecule has 1 aromatic carbocycles. The Balaban J connectivity index is 2.04. The number of rotatable bonds is 5. The third-order valence-electron chi connectivity index (χ3n) is 3.11. The first kappa shape index (κ1) is 12.4. The zero-order valence-electron chi connectivity index (χ0n) is 10.9. The molecular formula is C15H22O2. The van der Waals surface area contributed by atoms with Gasteiger partial charge in [-0.15, -0.1) is 0 Å². The molecule has 1 aromatic rings. The van der Waals surface area contributed by atoms with E-state index < -0.39 is 5.60 Å². The lowest BCUT2D eigenvalue weighted by Gasteiger charge is -2.26. The predicted octanol–water partition coefficient (Wildman–Crippen LogP) is 3.48. The van der Waals surface area contributed by atoms with Gasteiger partial charge in [0.1, 0.15) is 5.75 Å². The molecule has 2 heteroatoms. The van der Waals surface area contributed by atoms with Crippen LogP contribution in [0, 0.1) is 5.92 Å². The Kier molecular flexibility index (Phi) is 3.43. The molecule has 2 rings (SSSR count). The molecule has 1 atom stereocenters. The van der Waals surface area contributed by atoms with E-state index in [2.05, 4.69) is 13.8 Å². The lowest BCUT2D eigenvalue weighted by Crippen LogP contribution is -2.23. The SMILES string of the molecule is CC(C)CC(C)(O)c1ccc(OC2CC2)cc1. The van der Waals surface area contributed by atoms with Crippen molar-refractivity contribution in [3.63, 3.8) is 0 Å². The average Bonchev–Trinajstić information content (AvgIpc) is 3.00. The first-order valence-electron chi connectivity index (χ1n) is 6.47. The van der Waals surface area contributed by atoms with Gasteiger partial charge in [0.05, 0.1) is 11.7 Å². The second-order valence-corrected chi connectivity index (χ2v) is 5.71. The molecule has 94 valence electrons. The van der Waals surface area contributed by atoms with E-state index >= 15 is 0 Å². The average molecular weight is 234 g/mol. The smallest absolute Gasteiger partial charge is 0.119 e. The lowest BCUT2D eigenvalue weighted by atomic mass is 9.87. The molecule has 17 heavy (non-hydrogen) atoms. The van der Waals surface area contributed by atoms with Gasteiger partial charge in [0.15, 0.2) is 0 Å². The zero-order valence-corrected chi connectivity index (χ0v) is 10.9. The summed E-state index contributed by atoms with van der Waals surface area (Å²) >= 11 is 0. The van der Waals surface area contributed by atoms with E-state index in [0.29, 0.717) is 12.0 Å². The Morgan fingerprint density at radius 2 is 1.88 bits per heavy atom. The molecular weight excluding hydrogens is 212 g/mol. The summed E-state index contributed by atoms with van der Waals surface area (Å²) in [6, 6.07) is 7.87. The van der Waals surface area contributed by atoms with Crippen molar-refractivity contribution in [3.8, 4) is 5.75 Å². The molecule has 1 saturated carbocycles. The minimum Gasteiger partial charge on any atom is -0.490 e. The maximum atomic E-state index is 10.4.